The number of nitro groups is 1. The lowest BCUT2D eigenvalue weighted by atomic mass is 10.0. The molecule has 0 bridgehead atoms. The molecule has 0 heterocycles. The Morgan fingerprint density at radius 2 is 1.90 bits per heavy atom. The quantitative estimate of drug-likeness (QED) is 0.198. The summed E-state index contributed by atoms with van der Waals surface area (Å²) in [5.41, 5.74) is 2.51. The number of non-ortho nitro benzene ring substituents is 1. The molecule has 0 aliphatic rings. The van der Waals surface area contributed by atoms with Crippen LogP contribution in [0.2, 0.25) is 0 Å². The monoisotopic (exact) mass is 459 g/mol. The van der Waals surface area contributed by atoms with Crippen molar-refractivity contribution < 1.29 is 9.66 Å². The fraction of sp³-hybridized carbons (Fsp3) is 0.0435. The molecule has 7 heteroatoms. The molecule has 0 radical (unpaired) electrons. The summed E-state index contributed by atoms with van der Waals surface area (Å²) in [6.07, 6.45) is 1.62. The third-order valence-corrected chi connectivity index (χ3v) is 4.77. The van der Waals surface area contributed by atoms with Gasteiger partial charge in [0, 0.05) is 27.7 Å². The van der Waals surface area contributed by atoms with E-state index in [1.165, 1.54) is 18.2 Å². The summed E-state index contributed by atoms with van der Waals surface area (Å²) < 4.78 is 6.72. The molecule has 0 aliphatic heterocycles. The number of ether oxygens (including phenoxy) is 1. The van der Waals surface area contributed by atoms with Gasteiger partial charge in [-0.25, -0.2) is 0 Å². The van der Waals surface area contributed by atoms with Gasteiger partial charge in [-0.05, 0) is 35.9 Å². The molecular weight excluding hydrogens is 446 g/mol. The van der Waals surface area contributed by atoms with Gasteiger partial charge in [0.2, 0.25) is 0 Å². The van der Waals surface area contributed by atoms with Gasteiger partial charge >= 0.3 is 0 Å². The summed E-state index contributed by atoms with van der Waals surface area (Å²) in [5.74, 6) is 0.518. The van der Waals surface area contributed by atoms with Crippen molar-refractivity contribution in [2.24, 2.45) is 0 Å². The van der Waals surface area contributed by atoms with Gasteiger partial charge in [-0.15, -0.1) is 0 Å². The number of benzene rings is 3. The van der Waals surface area contributed by atoms with E-state index < -0.39 is 4.92 Å². The molecule has 30 heavy (non-hydrogen) atoms. The van der Waals surface area contributed by atoms with Crippen LogP contribution in [0.25, 0.3) is 11.6 Å². The molecule has 0 N–H and O–H groups in total. The highest BCUT2D eigenvalue weighted by atomic mass is 79.9. The number of rotatable bonds is 6. The second-order valence-electron chi connectivity index (χ2n) is 6.22. The molecule has 146 valence electrons. The maximum absolute atomic E-state index is 11.0. The number of nitrogens with zero attached hydrogens (tertiary/aromatic N) is 3. The molecule has 3 rings (SSSR count). The van der Waals surface area contributed by atoms with Gasteiger partial charge in [0.05, 0.1) is 28.2 Å². The summed E-state index contributed by atoms with van der Waals surface area (Å²) in [4.78, 5) is 10.5. The average Bonchev–Trinajstić information content (AvgIpc) is 2.77. The number of nitro benzene ring substituents is 1. The van der Waals surface area contributed by atoms with Crippen molar-refractivity contribution in [3.05, 3.63) is 104 Å². The zero-order valence-electron chi connectivity index (χ0n) is 15.6. The molecule has 0 saturated carbocycles. The van der Waals surface area contributed by atoms with Crippen LogP contribution in [-0.2, 0) is 6.61 Å². The minimum absolute atomic E-state index is 0.0903. The average molecular weight is 460 g/mol. The van der Waals surface area contributed by atoms with E-state index in [9.17, 15) is 20.6 Å². The highest BCUT2D eigenvalue weighted by molar-refractivity contribution is 9.10. The van der Waals surface area contributed by atoms with Crippen molar-refractivity contribution in [1.29, 1.82) is 10.5 Å². The van der Waals surface area contributed by atoms with Crippen LogP contribution in [-0.4, -0.2) is 4.92 Å². The van der Waals surface area contributed by atoms with Crippen LogP contribution in [0.1, 0.15) is 22.3 Å². The smallest absolute Gasteiger partial charge is 0.270 e. The fourth-order valence-corrected chi connectivity index (χ4v) is 3.18. The molecule has 0 fully saturated rings. The van der Waals surface area contributed by atoms with Crippen LogP contribution in [0.15, 0.2) is 71.2 Å². The number of hydrogen-bond donors (Lipinski definition) is 0. The minimum Gasteiger partial charge on any atom is -0.488 e. The highest BCUT2D eigenvalue weighted by Gasteiger charge is 2.11. The van der Waals surface area contributed by atoms with Crippen LogP contribution < -0.4 is 4.74 Å². The van der Waals surface area contributed by atoms with E-state index in [-0.39, 0.29) is 17.9 Å². The summed E-state index contributed by atoms with van der Waals surface area (Å²) >= 11 is 3.41. The predicted molar refractivity (Wildman–Crippen MR) is 116 cm³/mol. The number of halogens is 1. The highest BCUT2D eigenvalue weighted by Crippen LogP contribution is 2.29. The molecule has 0 saturated heterocycles. The predicted octanol–water partition coefficient (Wildman–Crippen LogP) is 5.87. The van der Waals surface area contributed by atoms with Gasteiger partial charge in [-0.2, -0.15) is 10.5 Å². The first kappa shape index (κ1) is 20.8. The van der Waals surface area contributed by atoms with Crippen LogP contribution in [0.3, 0.4) is 0 Å². The third-order valence-electron chi connectivity index (χ3n) is 4.28. The van der Waals surface area contributed by atoms with Gasteiger partial charge in [0.25, 0.3) is 5.69 Å². The van der Waals surface area contributed by atoms with E-state index in [4.69, 9.17) is 4.74 Å². The maximum atomic E-state index is 11.0. The van der Waals surface area contributed by atoms with Crippen molar-refractivity contribution in [3.8, 4) is 17.9 Å². The van der Waals surface area contributed by atoms with Crippen molar-refractivity contribution in [2.45, 2.75) is 6.61 Å². The SMILES string of the molecule is N#C/C(=C/c1cc(Br)ccc1OCc1ccccc1C#N)c1cccc([N+](=O)[O-])c1. The normalized spacial score (nSPS) is 10.7. The topological polar surface area (TPSA) is 99.9 Å². The van der Waals surface area contributed by atoms with Crippen LogP contribution in [0.5, 0.6) is 5.75 Å². The van der Waals surface area contributed by atoms with E-state index in [1.54, 1.807) is 36.4 Å². The third kappa shape index (κ3) is 4.91. The Kier molecular flexibility index (Phi) is 6.59. The van der Waals surface area contributed by atoms with Crippen molar-refractivity contribution >= 4 is 33.3 Å². The number of allylic oxidation sites excluding steroid dienone is 1. The van der Waals surface area contributed by atoms with Crippen molar-refractivity contribution in [3.63, 3.8) is 0 Å². The Bertz CT molecular complexity index is 1220. The van der Waals surface area contributed by atoms with Crippen LogP contribution in [0, 0.1) is 32.8 Å². The lowest BCUT2D eigenvalue weighted by Crippen LogP contribution is -1.99. The summed E-state index contributed by atoms with van der Waals surface area (Å²) in [6, 6.07) is 22.7. The zero-order chi connectivity index (χ0) is 21.5. The largest absolute Gasteiger partial charge is 0.488 e. The lowest BCUT2D eigenvalue weighted by Gasteiger charge is -2.11. The number of hydrogen-bond acceptors (Lipinski definition) is 5. The van der Waals surface area contributed by atoms with Gasteiger partial charge in [0.1, 0.15) is 12.4 Å². The van der Waals surface area contributed by atoms with Gasteiger partial charge < -0.3 is 4.74 Å². The van der Waals surface area contributed by atoms with Crippen molar-refractivity contribution in [1.82, 2.24) is 0 Å². The fourth-order valence-electron chi connectivity index (χ4n) is 2.80. The zero-order valence-corrected chi connectivity index (χ0v) is 17.2. The molecular formula is C23H14BrN3O3. The molecule has 0 aromatic heterocycles. The van der Waals surface area contributed by atoms with Gasteiger partial charge in [-0.3, -0.25) is 10.1 Å². The Morgan fingerprint density at radius 1 is 1.10 bits per heavy atom. The van der Waals surface area contributed by atoms with Gasteiger partial charge in [0.15, 0.2) is 0 Å². The Labute approximate surface area is 181 Å². The lowest BCUT2D eigenvalue weighted by molar-refractivity contribution is -0.384. The molecule has 0 unspecified atom stereocenters. The molecule has 6 nitrogen and oxygen atoms in total. The second kappa shape index (κ2) is 9.51. The second-order valence-corrected chi connectivity index (χ2v) is 7.13. The molecule has 0 aliphatic carbocycles. The first-order valence-corrected chi connectivity index (χ1v) is 9.58. The molecule has 0 amide bonds. The molecule has 3 aromatic carbocycles. The molecule has 0 atom stereocenters. The minimum atomic E-state index is -0.501. The summed E-state index contributed by atoms with van der Waals surface area (Å²) in [6.45, 7) is 0.185. The Morgan fingerprint density at radius 3 is 2.63 bits per heavy atom. The maximum Gasteiger partial charge on any atom is 0.270 e. The summed E-state index contributed by atoms with van der Waals surface area (Å²) in [7, 11) is 0. The molecule has 3 aromatic rings. The van der Waals surface area contributed by atoms with E-state index in [2.05, 4.69) is 28.1 Å². The molecule has 0 spiro atoms. The van der Waals surface area contributed by atoms with E-state index in [1.807, 2.05) is 18.2 Å². The first-order chi connectivity index (χ1) is 14.5. The Hall–Kier alpha value is -3.94. The van der Waals surface area contributed by atoms with E-state index >= 15 is 0 Å². The van der Waals surface area contributed by atoms with Crippen LogP contribution >= 0.6 is 15.9 Å². The van der Waals surface area contributed by atoms with E-state index in [0.717, 1.165) is 10.0 Å². The van der Waals surface area contributed by atoms with Crippen LogP contribution in [0.4, 0.5) is 5.69 Å². The van der Waals surface area contributed by atoms with E-state index in [0.29, 0.717) is 22.4 Å². The number of nitriles is 2. The van der Waals surface area contributed by atoms with Gasteiger partial charge in [-0.1, -0.05) is 46.3 Å². The Balaban J connectivity index is 1.96. The standard InChI is InChI=1S/C23H14BrN3O3/c24-21-8-9-23(30-15-18-5-2-1-4-17(18)13-25)19(11-21)10-20(14-26)16-6-3-7-22(12-16)27(28)29/h1-12H,15H2/b20-10-. The summed E-state index contributed by atoms with van der Waals surface area (Å²) in [5, 5.41) is 29.9. The first-order valence-electron chi connectivity index (χ1n) is 8.79. The van der Waals surface area contributed by atoms with Crippen molar-refractivity contribution in [2.75, 3.05) is 0 Å².